The van der Waals surface area contributed by atoms with Crippen LogP contribution in [0.1, 0.15) is 25.3 Å². The molecule has 3 heterocycles. The topological polar surface area (TPSA) is 37.8 Å². The van der Waals surface area contributed by atoms with Crippen molar-refractivity contribution < 1.29 is 0 Å². The van der Waals surface area contributed by atoms with Crippen LogP contribution in [-0.4, -0.2) is 9.55 Å². The molecule has 0 aliphatic rings. The summed E-state index contributed by atoms with van der Waals surface area (Å²) in [5.74, 6) is 0. The summed E-state index contributed by atoms with van der Waals surface area (Å²) in [6.45, 7) is 5.01. The maximum Gasteiger partial charge on any atom is 0.260 e. The normalized spacial score (nSPS) is 11.7. The van der Waals surface area contributed by atoms with Crippen LogP contribution in [0.15, 0.2) is 22.4 Å². The third-order valence-corrected chi connectivity index (χ3v) is 4.40. The molecule has 0 saturated carbocycles. The zero-order chi connectivity index (χ0) is 12.7. The molecular weight excluding hydrogens is 244 g/mol. The van der Waals surface area contributed by atoms with Crippen LogP contribution in [0.2, 0.25) is 0 Å². The highest BCUT2D eigenvalue weighted by atomic mass is 32.1. The summed E-state index contributed by atoms with van der Waals surface area (Å²) in [5.41, 5.74) is 2.28. The molecular formula is C14H16N2OS. The van der Waals surface area contributed by atoms with E-state index in [0.717, 1.165) is 40.5 Å². The molecule has 3 aromatic heterocycles. The summed E-state index contributed by atoms with van der Waals surface area (Å²) in [5, 5.41) is 4.05. The monoisotopic (exact) mass is 260 g/mol. The van der Waals surface area contributed by atoms with E-state index in [2.05, 4.69) is 24.2 Å². The van der Waals surface area contributed by atoms with Crippen LogP contribution in [0.4, 0.5) is 0 Å². The minimum atomic E-state index is 0.133. The maximum absolute atomic E-state index is 12.5. The van der Waals surface area contributed by atoms with Crippen LogP contribution < -0.4 is 5.56 Å². The Morgan fingerprint density at radius 3 is 3.00 bits per heavy atom. The van der Waals surface area contributed by atoms with Crippen LogP contribution in [0.25, 0.3) is 21.1 Å². The van der Waals surface area contributed by atoms with E-state index in [1.54, 1.807) is 11.3 Å². The van der Waals surface area contributed by atoms with Gasteiger partial charge in [-0.1, -0.05) is 13.3 Å². The lowest BCUT2D eigenvalue weighted by Crippen LogP contribution is -2.19. The molecule has 3 aromatic rings. The van der Waals surface area contributed by atoms with Crippen LogP contribution in [0, 0.1) is 6.92 Å². The second-order valence-corrected chi connectivity index (χ2v) is 5.58. The molecule has 0 spiro atoms. The van der Waals surface area contributed by atoms with Crippen molar-refractivity contribution in [3.63, 3.8) is 0 Å². The lowest BCUT2D eigenvalue weighted by Gasteiger charge is -2.04. The molecule has 94 valence electrons. The number of pyridine rings is 1. The van der Waals surface area contributed by atoms with E-state index in [9.17, 15) is 4.79 Å². The molecule has 0 aliphatic carbocycles. The fourth-order valence-electron chi connectivity index (χ4n) is 2.39. The largest absolute Gasteiger partial charge is 0.346 e. The number of nitrogens with zero attached hydrogens (tertiary/aromatic N) is 1. The van der Waals surface area contributed by atoms with E-state index in [1.165, 1.54) is 5.56 Å². The van der Waals surface area contributed by atoms with E-state index in [-0.39, 0.29) is 5.56 Å². The van der Waals surface area contributed by atoms with Crippen molar-refractivity contribution in [3.8, 4) is 0 Å². The number of hydrogen-bond donors (Lipinski definition) is 1. The summed E-state index contributed by atoms with van der Waals surface area (Å²) in [6.07, 6.45) is 4.04. The maximum atomic E-state index is 12.5. The van der Waals surface area contributed by atoms with Gasteiger partial charge in [0.15, 0.2) is 0 Å². The molecule has 0 aliphatic heterocycles. The predicted molar refractivity (Wildman–Crippen MR) is 77.6 cm³/mol. The quantitative estimate of drug-likeness (QED) is 0.767. The third kappa shape index (κ3) is 1.60. The van der Waals surface area contributed by atoms with Gasteiger partial charge in [-0.15, -0.1) is 11.3 Å². The van der Waals surface area contributed by atoms with Gasteiger partial charge in [0.05, 0.1) is 10.9 Å². The Bertz CT molecular complexity index is 763. The zero-order valence-corrected chi connectivity index (χ0v) is 11.4. The van der Waals surface area contributed by atoms with Gasteiger partial charge in [0.25, 0.3) is 5.56 Å². The molecule has 0 bridgehead atoms. The predicted octanol–water partition coefficient (Wildman–Crippen LogP) is 3.65. The SMILES string of the molecule is CCCCn1ccc2[nH]c3scc(C)c3c2c1=O. The smallest absolute Gasteiger partial charge is 0.260 e. The number of unbranched alkanes of at least 4 members (excludes halogenated alkanes) is 1. The molecule has 0 unspecified atom stereocenters. The molecule has 0 radical (unpaired) electrons. The Morgan fingerprint density at radius 2 is 2.22 bits per heavy atom. The first-order valence-corrected chi connectivity index (χ1v) is 7.19. The number of hydrogen-bond acceptors (Lipinski definition) is 2. The molecule has 0 aromatic carbocycles. The number of rotatable bonds is 3. The van der Waals surface area contributed by atoms with Crippen LogP contribution in [0.5, 0.6) is 0 Å². The number of thiophene rings is 1. The van der Waals surface area contributed by atoms with Gasteiger partial charge in [0.2, 0.25) is 0 Å². The molecule has 18 heavy (non-hydrogen) atoms. The number of aromatic nitrogens is 2. The molecule has 4 heteroatoms. The third-order valence-electron chi connectivity index (χ3n) is 3.39. The van der Waals surface area contributed by atoms with Crippen molar-refractivity contribution in [2.75, 3.05) is 0 Å². The molecule has 0 atom stereocenters. The summed E-state index contributed by atoms with van der Waals surface area (Å²) < 4.78 is 1.83. The Balaban J connectivity index is 2.31. The lowest BCUT2D eigenvalue weighted by atomic mass is 10.2. The van der Waals surface area contributed by atoms with Gasteiger partial charge in [0.1, 0.15) is 4.83 Å². The van der Waals surface area contributed by atoms with Crippen molar-refractivity contribution in [1.82, 2.24) is 9.55 Å². The Labute approximate surface area is 109 Å². The number of H-pyrrole nitrogens is 1. The first-order valence-electron chi connectivity index (χ1n) is 6.31. The van der Waals surface area contributed by atoms with Crippen molar-refractivity contribution >= 4 is 32.5 Å². The van der Waals surface area contributed by atoms with Crippen molar-refractivity contribution in [2.24, 2.45) is 0 Å². The number of aromatic amines is 1. The lowest BCUT2D eigenvalue weighted by molar-refractivity contribution is 0.617. The molecule has 0 fully saturated rings. The highest BCUT2D eigenvalue weighted by Crippen LogP contribution is 2.30. The van der Waals surface area contributed by atoms with Crippen molar-refractivity contribution in [3.05, 3.63) is 33.6 Å². The first-order chi connectivity index (χ1) is 8.72. The Hall–Kier alpha value is -1.55. The average Bonchev–Trinajstić information content (AvgIpc) is 2.89. The second kappa shape index (κ2) is 4.28. The summed E-state index contributed by atoms with van der Waals surface area (Å²) in [6, 6.07) is 2.01. The summed E-state index contributed by atoms with van der Waals surface area (Å²) >= 11 is 1.67. The van der Waals surface area contributed by atoms with Gasteiger partial charge in [-0.3, -0.25) is 4.79 Å². The van der Waals surface area contributed by atoms with Gasteiger partial charge in [-0.25, -0.2) is 0 Å². The van der Waals surface area contributed by atoms with Gasteiger partial charge in [-0.2, -0.15) is 0 Å². The molecule has 1 N–H and O–H groups in total. The number of fused-ring (bicyclic) bond motifs is 3. The number of aryl methyl sites for hydroxylation is 2. The van der Waals surface area contributed by atoms with E-state index in [0.29, 0.717) is 0 Å². The van der Waals surface area contributed by atoms with Gasteiger partial charge < -0.3 is 9.55 Å². The van der Waals surface area contributed by atoms with E-state index in [1.807, 2.05) is 16.8 Å². The minimum Gasteiger partial charge on any atom is -0.346 e. The van der Waals surface area contributed by atoms with Crippen LogP contribution in [-0.2, 0) is 6.54 Å². The van der Waals surface area contributed by atoms with E-state index < -0.39 is 0 Å². The van der Waals surface area contributed by atoms with Gasteiger partial charge >= 0.3 is 0 Å². The van der Waals surface area contributed by atoms with E-state index in [4.69, 9.17) is 0 Å². The molecule has 3 nitrogen and oxygen atoms in total. The highest BCUT2D eigenvalue weighted by molar-refractivity contribution is 7.17. The highest BCUT2D eigenvalue weighted by Gasteiger charge is 2.12. The Kier molecular flexibility index (Phi) is 2.74. The zero-order valence-electron chi connectivity index (χ0n) is 10.6. The second-order valence-electron chi connectivity index (χ2n) is 4.70. The molecule has 0 saturated heterocycles. The summed E-state index contributed by atoms with van der Waals surface area (Å²) in [4.78, 5) is 16.9. The first kappa shape index (κ1) is 11.5. The van der Waals surface area contributed by atoms with Crippen molar-refractivity contribution in [2.45, 2.75) is 33.2 Å². The standard InChI is InChI=1S/C14H16N2OS/c1-3-4-6-16-7-5-10-12(14(16)17)11-9(2)8-18-13(11)15-10/h5,7-8,15H,3-4,6H2,1-2H3. The Morgan fingerprint density at radius 1 is 1.39 bits per heavy atom. The fourth-order valence-corrected chi connectivity index (χ4v) is 3.36. The number of nitrogens with one attached hydrogen (secondary N) is 1. The molecule has 0 amide bonds. The minimum absolute atomic E-state index is 0.133. The van der Waals surface area contributed by atoms with Gasteiger partial charge in [0, 0.05) is 18.1 Å². The van der Waals surface area contributed by atoms with Crippen molar-refractivity contribution in [1.29, 1.82) is 0 Å². The molecule has 3 rings (SSSR count). The van der Waals surface area contributed by atoms with E-state index >= 15 is 0 Å². The fraction of sp³-hybridized carbons (Fsp3) is 0.357. The van der Waals surface area contributed by atoms with Gasteiger partial charge in [-0.05, 0) is 30.4 Å². The van der Waals surface area contributed by atoms with Crippen LogP contribution in [0.3, 0.4) is 0 Å². The average molecular weight is 260 g/mol. The summed E-state index contributed by atoms with van der Waals surface area (Å²) in [7, 11) is 0. The van der Waals surface area contributed by atoms with Crippen LogP contribution >= 0.6 is 11.3 Å².